The molecule has 0 fully saturated rings. The third-order valence-electron chi connectivity index (χ3n) is 1.64. The fourth-order valence-corrected chi connectivity index (χ4v) is 1.05. The van der Waals surface area contributed by atoms with E-state index in [0.29, 0.717) is 6.29 Å². The average molecular weight is 196 g/mol. The Morgan fingerprint density at radius 3 is 2.79 bits per heavy atom. The molecular formula is C9H9FN2O2. The Balaban J connectivity index is 3.16. The van der Waals surface area contributed by atoms with Gasteiger partial charge in [-0.2, -0.15) is 0 Å². The molecule has 0 aliphatic rings. The Morgan fingerprint density at radius 1 is 1.50 bits per heavy atom. The van der Waals surface area contributed by atoms with E-state index in [4.69, 9.17) is 0 Å². The molecule has 0 aliphatic heterocycles. The van der Waals surface area contributed by atoms with Crippen LogP contribution in [0.2, 0.25) is 0 Å². The molecule has 0 unspecified atom stereocenters. The molecular weight excluding hydrogens is 187 g/mol. The van der Waals surface area contributed by atoms with Crippen molar-refractivity contribution in [1.29, 1.82) is 0 Å². The van der Waals surface area contributed by atoms with Crippen molar-refractivity contribution in [2.75, 3.05) is 7.05 Å². The summed E-state index contributed by atoms with van der Waals surface area (Å²) in [6.45, 7) is 0. The van der Waals surface area contributed by atoms with E-state index in [2.05, 4.69) is 10.9 Å². The van der Waals surface area contributed by atoms with Gasteiger partial charge in [0, 0.05) is 12.6 Å². The van der Waals surface area contributed by atoms with E-state index < -0.39 is 11.7 Å². The van der Waals surface area contributed by atoms with Crippen LogP contribution >= 0.6 is 0 Å². The van der Waals surface area contributed by atoms with Gasteiger partial charge in [-0.25, -0.2) is 9.82 Å². The molecule has 0 spiro atoms. The van der Waals surface area contributed by atoms with Crippen LogP contribution in [0.4, 0.5) is 4.39 Å². The number of hydrogen-bond donors (Lipinski definition) is 2. The first-order valence-electron chi connectivity index (χ1n) is 3.91. The predicted octanol–water partition coefficient (Wildman–Crippen LogP) is 0.502. The van der Waals surface area contributed by atoms with E-state index in [0.717, 1.165) is 6.07 Å². The van der Waals surface area contributed by atoms with Crippen molar-refractivity contribution in [3.05, 3.63) is 35.1 Å². The quantitative estimate of drug-likeness (QED) is 0.546. The Labute approximate surface area is 80.1 Å². The number of nitrogens with one attached hydrogen (secondary N) is 2. The highest BCUT2D eigenvalue weighted by atomic mass is 19.1. The smallest absolute Gasteiger partial charge is 0.269 e. The number of aldehydes is 1. The molecule has 0 saturated heterocycles. The second-order valence-electron chi connectivity index (χ2n) is 2.53. The van der Waals surface area contributed by atoms with E-state index in [1.54, 1.807) is 0 Å². The summed E-state index contributed by atoms with van der Waals surface area (Å²) in [5.41, 5.74) is 4.32. The lowest BCUT2D eigenvalue weighted by atomic mass is 10.1. The lowest BCUT2D eigenvalue weighted by Gasteiger charge is -2.05. The van der Waals surface area contributed by atoms with Gasteiger partial charge in [0.25, 0.3) is 5.91 Å². The summed E-state index contributed by atoms with van der Waals surface area (Å²) in [7, 11) is 1.47. The molecule has 14 heavy (non-hydrogen) atoms. The summed E-state index contributed by atoms with van der Waals surface area (Å²) in [5, 5.41) is 0. The molecule has 0 bridgehead atoms. The van der Waals surface area contributed by atoms with Crippen LogP contribution in [-0.4, -0.2) is 19.2 Å². The standard InChI is InChI=1S/C9H9FN2O2/c1-11-12-9(14)8-6(5-13)3-2-4-7(8)10/h2-5,11H,1H3,(H,12,14). The van der Waals surface area contributed by atoms with Gasteiger partial charge in [0.05, 0.1) is 5.56 Å². The number of carbonyl (C=O) groups excluding carboxylic acids is 2. The Morgan fingerprint density at radius 2 is 2.21 bits per heavy atom. The fraction of sp³-hybridized carbons (Fsp3) is 0.111. The summed E-state index contributed by atoms with van der Waals surface area (Å²) in [6, 6.07) is 3.87. The van der Waals surface area contributed by atoms with Crippen molar-refractivity contribution in [3.8, 4) is 0 Å². The van der Waals surface area contributed by atoms with E-state index in [1.807, 2.05) is 0 Å². The SMILES string of the molecule is CNNC(=O)c1c(F)cccc1C=O. The van der Waals surface area contributed by atoms with Crippen molar-refractivity contribution in [1.82, 2.24) is 10.9 Å². The molecule has 0 radical (unpaired) electrons. The van der Waals surface area contributed by atoms with Crippen LogP contribution in [0.1, 0.15) is 20.7 Å². The van der Waals surface area contributed by atoms with Crippen LogP contribution in [0.3, 0.4) is 0 Å². The van der Waals surface area contributed by atoms with Gasteiger partial charge in [-0.15, -0.1) is 0 Å². The van der Waals surface area contributed by atoms with Crippen molar-refractivity contribution < 1.29 is 14.0 Å². The first-order valence-corrected chi connectivity index (χ1v) is 3.91. The maximum absolute atomic E-state index is 13.2. The van der Waals surface area contributed by atoms with Gasteiger partial charge in [-0.05, 0) is 6.07 Å². The molecule has 0 saturated carbocycles. The summed E-state index contributed by atoms with van der Waals surface area (Å²) in [4.78, 5) is 21.8. The zero-order valence-electron chi connectivity index (χ0n) is 7.50. The molecule has 1 aromatic rings. The maximum Gasteiger partial charge on any atom is 0.269 e. The first kappa shape index (κ1) is 10.3. The van der Waals surface area contributed by atoms with Crippen LogP contribution in [0.5, 0.6) is 0 Å². The molecule has 1 amide bonds. The highest BCUT2D eigenvalue weighted by molar-refractivity contribution is 6.01. The van der Waals surface area contributed by atoms with Gasteiger partial charge in [0.15, 0.2) is 6.29 Å². The minimum absolute atomic E-state index is 0.0257. The van der Waals surface area contributed by atoms with Crippen LogP contribution in [0.25, 0.3) is 0 Å². The molecule has 1 rings (SSSR count). The van der Waals surface area contributed by atoms with E-state index >= 15 is 0 Å². The summed E-state index contributed by atoms with van der Waals surface area (Å²) in [5.74, 6) is -1.39. The van der Waals surface area contributed by atoms with Crippen LogP contribution < -0.4 is 10.9 Å². The topological polar surface area (TPSA) is 58.2 Å². The normalized spacial score (nSPS) is 9.57. The molecule has 2 N–H and O–H groups in total. The van der Waals surface area contributed by atoms with Gasteiger partial charge in [-0.3, -0.25) is 15.0 Å². The molecule has 1 aromatic carbocycles. The molecule has 5 heteroatoms. The number of amides is 1. The first-order chi connectivity index (χ1) is 6.70. The third-order valence-corrected chi connectivity index (χ3v) is 1.64. The van der Waals surface area contributed by atoms with E-state index in [1.165, 1.54) is 19.2 Å². The second kappa shape index (κ2) is 4.48. The maximum atomic E-state index is 13.2. The van der Waals surface area contributed by atoms with Crippen LogP contribution in [0.15, 0.2) is 18.2 Å². The van der Waals surface area contributed by atoms with E-state index in [9.17, 15) is 14.0 Å². The fourth-order valence-electron chi connectivity index (χ4n) is 1.05. The monoisotopic (exact) mass is 196 g/mol. The molecule has 0 atom stereocenters. The lowest BCUT2D eigenvalue weighted by molar-refractivity contribution is 0.0928. The molecule has 74 valence electrons. The number of hydrogen-bond acceptors (Lipinski definition) is 3. The molecule has 0 aromatic heterocycles. The number of rotatable bonds is 3. The van der Waals surface area contributed by atoms with E-state index in [-0.39, 0.29) is 11.1 Å². The van der Waals surface area contributed by atoms with Crippen molar-refractivity contribution >= 4 is 12.2 Å². The lowest BCUT2D eigenvalue weighted by Crippen LogP contribution is -2.35. The van der Waals surface area contributed by atoms with Gasteiger partial charge in [0.1, 0.15) is 5.82 Å². The van der Waals surface area contributed by atoms with Crippen molar-refractivity contribution in [3.63, 3.8) is 0 Å². The zero-order valence-corrected chi connectivity index (χ0v) is 7.50. The van der Waals surface area contributed by atoms with Gasteiger partial charge >= 0.3 is 0 Å². The Hall–Kier alpha value is -1.75. The predicted molar refractivity (Wildman–Crippen MR) is 48.3 cm³/mol. The average Bonchev–Trinajstić information content (AvgIpc) is 2.17. The summed E-state index contributed by atoms with van der Waals surface area (Å²) < 4.78 is 13.2. The number of halogens is 1. The minimum Gasteiger partial charge on any atom is -0.298 e. The second-order valence-corrected chi connectivity index (χ2v) is 2.53. The van der Waals surface area contributed by atoms with Crippen LogP contribution in [-0.2, 0) is 0 Å². The highest BCUT2D eigenvalue weighted by Crippen LogP contribution is 2.11. The number of carbonyl (C=O) groups is 2. The van der Waals surface area contributed by atoms with Crippen LogP contribution in [0, 0.1) is 5.82 Å². The molecule has 0 heterocycles. The summed E-state index contributed by atoms with van der Waals surface area (Å²) in [6.07, 6.45) is 0.438. The largest absolute Gasteiger partial charge is 0.298 e. The summed E-state index contributed by atoms with van der Waals surface area (Å²) >= 11 is 0. The number of benzene rings is 1. The Kier molecular flexibility index (Phi) is 3.30. The zero-order chi connectivity index (χ0) is 10.6. The third kappa shape index (κ3) is 1.94. The number of hydrazine groups is 1. The van der Waals surface area contributed by atoms with Gasteiger partial charge < -0.3 is 0 Å². The molecule has 4 nitrogen and oxygen atoms in total. The highest BCUT2D eigenvalue weighted by Gasteiger charge is 2.15. The Bertz CT molecular complexity index is 366. The minimum atomic E-state index is -0.720. The van der Waals surface area contributed by atoms with Gasteiger partial charge in [0.2, 0.25) is 0 Å². The molecule has 0 aliphatic carbocycles. The van der Waals surface area contributed by atoms with Crippen molar-refractivity contribution in [2.24, 2.45) is 0 Å². The van der Waals surface area contributed by atoms with Gasteiger partial charge in [-0.1, -0.05) is 12.1 Å². The van der Waals surface area contributed by atoms with Crippen molar-refractivity contribution in [2.45, 2.75) is 0 Å².